The number of nitrogens with zero attached hydrogens (tertiary/aromatic N) is 1. The van der Waals surface area contributed by atoms with Crippen molar-refractivity contribution in [2.24, 2.45) is 22.4 Å². The molecule has 0 aliphatic carbocycles. The Hall–Kier alpha value is -1.79. The van der Waals surface area contributed by atoms with E-state index in [-0.39, 0.29) is 17.8 Å². The summed E-state index contributed by atoms with van der Waals surface area (Å²) in [6.07, 6.45) is 23.2. The van der Waals surface area contributed by atoms with Gasteiger partial charge in [-0.3, -0.25) is 9.79 Å². The van der Waals surface area contributed by atoms with Crippen molar-refractivity contribution in [3.05, 3.63) is 0 Å². The molecule has 0 aliphatic rings. The number of ether oxygens (including phenoxy) is 1. The van der Waals surface area contributed by atoms with E-state index >= 15 is 0 Å². The Morgan fingerprint density at radius 3 is 1.68 bits per heavy atom. The number of amides is 1. The Balaban J connectivity index is 3.86. The van der Waals surface area contributed by atoms with Crippen LogP contribution < -0.4 is 16.8 Å². The Kier molecular flexibility index (Phi) is 24.6. The van der Waals surface area contributed by atoms with Crippen LogP contribution in [-0.4, -0.2) is 37.0 Å². The smallest absolute Gasteiger partial charge is 0.328 e. The van der Waals surface area contributed by atoms with E-state index in [0.29, 0.717) is 38.3 Å². The molecule has 0 fully saturated rings. The van der Waals surface area contributed by atoms with Crippen molar-refractivity contribution in [2.45, 2.75) is 155 Å². The summed E-state index contributed by atoms with van der Waals surface area (Å²) in [5.41, 5.74) is 10.7. The fourth-order valence-electron chi connectivity index (χ4n) is 4.36. The first kappa shape index (κ1) is 35.2. The minimum Gasteiger partial charge on any atom is -0.464 e. The van der Waals surface area contributed by atoms with Crippen molar-refractivity contribution in [3.63, 3.8) is 0 Å². The van der Waals surface area contributed by atoms with E-state index in [0.717, 1.165) is 19.3 Å². The molecule has 0 aromatic rings. The van der Waals surface area contributed by atoms with Crippen molar-refractivity contribution < 1.29 is 14.3 Å². The maximum atomic E-state index is 12.6. The molecule has 0 saturated carbocycles. The van der Waals surface area contributed by atoms with Crippen molar-refractivity contribution >= 4 is 17.8 Å². The van der Waals surface area contributed by atoms with Gasteiger partial charge >= 0.3 is 5.97 Å². The molecule has 0 unspecified atom stereocenters. The average molecular weight is 525 g/mol. The molecule has 0 rings (SSSR count). The zero-order valence-electron chi connectivity index (χ0n) is 24.5. The summed E-state index contributed by atoms with van der Waals surface area (Å²) < 4.78 is 5.49. The summed E-state index contributed by atoms with van der Waals surface area (Å²) in [6.45, 7) is 7.25. The van der Waals surface area contributed by atoms with Gasteiger partial charge in [-0.15, -0.1) is 0 Å². The van der Waals surface area contributed by atoms with Gasteiger partial charge in [0, 0.05) is 13.0 Å². The van der Waals surface area contributed by atoms with Gasteiger partial charge in [-0.05, 0) is 31.6 Å². The molecule has 0 saturated heterocycles. The fourth-order valence-corrected chi connectivity index (χ4v) is 4.36. The third kappa shape index (κ3) is 25.6. The molecule has 0 aromatic carbocycles. The lowest BCUT2D eigenvalue weighted by molar-refractivity contribution is -0.148. The third-order valence-electron chi connectivity index (χ3n) is 6.76. The predicted molar refractivity (Wildman–Crippen MR) is 156 cm³/mol. The zero-order valence-corrected chi connectivity index (χ0v) is 24.5. The molecule has 1 atom stereocenters. The molecule has 0 heterocycles. The number of guanidine groups is 1. The number of aliphatic imine (C=N–C) groups is 1. The van der Waals surface area contributed by atoms with Gasteiger partial charge in [-0.1, -0.05) is 117 Å². The second kappa shape index (κ2) is 25.8. The van der Waals surface area contributed by atoms with Gasteiger partial charge < -0.3 is 21.5 Å². The van der Waals surface area contributed by atoms with E-state index in [1.54, 1.807) is 0 Å². The predicted octanol–water partition coefficient (Wildman–Crippen LogP) is 6.77. The summed E-state index contributed by atoms with van der Waals surface area (Å²) >= 11 is 0. The lowest BCUT2D eigenvalue weighted by Gasteiger charge is -2.18. The standard InChI is InChI=1S/C30H60N4O3/c1-4-5-6-7-8-9-10-11-12-13-14-15-16-17-18-19-25-37-29(36)27(21-20-24-33-30(31)32)34-28(35)23-22-26(2)3/h26-27H,4-25H2,1-3H3,(H,34,35)(H4,31,32,33)/t27-/m1/s1. The van der Waals surface area contributed by atoms with Crippen LogP contribution in [0.1, 0.15) is 149 Å². The molecule has 0 aromatic heterocycles. The third-order valence-corrected chi connectivity index (χ3v) is 6.76. The monoisotopic (exact) mass is 524 g/mol. The van der Waals surface area contributed by atoms with Gasteiger partial charge in [0.2, 0.25) is 5.91 Å². The van der Waals surface area contributed by atoms with Crippen LogP contribution in [0, 0.1) is 5.92 Å². The van der Waals surface area contributed by atoms with Crippen molar-refractivity contribution in [1.29, 1.82) is 0 Å². The first-order valence-corrected chi connectivity index (χ1v) is 15.4. The van der Waals surface area contributed by atoms with Gasteiger partial charge in [0.05, 0.1) is 6.61 Å². The Bertz CT molecular complexity index is 577. The van der Waals surface area contributed by atoms with E-state index in [2.05, 4.69) is 31.1 Å². The van der Waals surface area contributed by atoms with Crippen LogP contribution in [0.15, 0.2) is 4.99 Å². The molecule has 218 valence electrons. The normalized spacial score (nSPS) is 11.9. The van der Waals surface area contributed by atoms with E-state index in [1.807, 2.05) is 0 Å². The van der Waals surface area contributed by atoms with Crippen LogP contribution in [0.2, 0.25) is 0 Å². The number of rotatable bonds is 26. The minimum atomic E-state index is -0.644. The minimum absolute atomic E-state index is 0.0311. The maximum absolute atomic E-state index is 12.6. The molecule has 7 nitrogen and oxygen atoms in total. The number of carbonyl (C=O) groups excluding carboxylic acids is 2. The van der Waals surface area contributed by atoms with Gasteiger partial charge in [-0.2, -0.15) is 0 Å². The highest BCUT2D eigenvalue weighted by Gasteiger charge is 2.21. The molecule has 0 aliphatic heterocycles. The highest BCUT2D eigenvalue weighted by atomic mass is 16.5. The highest BCUT2D eigenvalue weighted by molar-refractivity contribution is 5.84. The highest BCUT2D eigenvalue weighted by Crippen LogP contribution is 2.14. The van der Waals surface area contributed by atoms with E-state index < -0.39 is 6.04 Å². The number of hydrogen-bond acceptors (Lipinski definition) is 4. The summed E-state index contributed by atoms with van der Waals surface area (Å²) in [5, 5.41) is 2.84. The SMILES string of the molecule is CCCCCCCCCCCCCCCCCCOC(=O)[C@@H](CCCN=C(N)N)NC(=O)CCC(C)C. The maximum Gasteiger partial charge on any atom is 0.328 e. The summed E-state index contributed by atoms with van der Waals surface area (Å²) in [7, 11) is 0. The van der Waals surface area contributed by atoms with E-state index in [9.17, 15) is 9.59 Å². The van der Waals surface area contributed by atoms with Gasteiger partial charge in [0.1, 0.15) is 6.04 Å². The molecule has 7 heteroatoms. The van der Waals surface area contributed by atoms with Crippen LogP contribution >= 0.6 is 0 Å². The molecule has 37 heavy (non-hydrogen) atoms. The van der Waals surface area contributed by atoms with E-state index in [1.165, 1.54) is 89.9 Å². The Morgan fingerprint density at radius 2 is 1.22 bits per heavy atom. The van der Waals surface area contributed by atoms with Crippen LogP contribution in [-0.2, 0) is 14.3 Å². The van der Waals surface area contributed by atoms with Crippen molar-refractivity contribution in [1.82, 2.24) is 5.32 Å². The number of hydrogen-bond donors (Lipinski definition) is 3. The number of esters is 1. The summed E-state index contributed by atoms with van der Waals surface area (Å²) in [5.74, 6) is -0.0000266. The van der Waals surface area contributed by atoms with Crippen LogP contribution in [0.5, 0.6) is 0 Å². The van der Waals surface area contributed by atoms with Gasteiger partial charge in [0.15, 0.2) is 5.96 Å². The Labute approximate surface area is 228 Å². The zero-order chi connectivity index (χ0) is 27.6. The summed E-state index contributed by atoms with van der Waals surface area (Å²) in [6, 6.07) is -0.644. The molecule has 0 spiro atoms. The summed E-state index contributed by atoms with van der Waals surface area (Å²) in [4.78, 5) is 28.8. The second-order valence-electron chi connectivity index (χ2n) is 11.0. The molecule has 5 N–H and O–H groups in total. The number of nitrogens with one attached hydrogen (secondary N) is 1. The largest absolute Gasteiger partial charge is 0.464 e. The average Bonchev–Trinajstić information content (AvgIpc) is 2.86. The molecular formula is C30H60N4O3. The van der Waals surface area contributed by atoms with E-state index in [4.69, 9.17) is 16.2 Å². The Morgan fingerprint density at radius 1 is 0.730 bits per heavy atom. The molecule has 1 amide bonds. The van der Waals surface area contributed by atoms with Crippen molar-refractivity contribution in [2.75, 3.05) is 13.2 Å². The topological polar surface area (TPSA) is 120 Å². The number of unbranched alkanes of at least 4 members (excludes halogenated alkanes) is 15. The van der Waals surface area contributed by atoms with Crippen LogP contribution in [0.3, 0.4) is 0 Å². The molecular weight excluding hydrogens is 464 g/mol. The number of carbonyl (C=O) groups is 2. The first-order valence-electron chi connectivity index (χ1n) is 15.4. The van der Waals surface area contributed by atoms with Gasteiger partial charge in [0.25, 0.3) is 0 Å². The van der Waals surface area contributed by atoms with Crippen molar-refractivity contribution in [3.8, 4) is 0 Å². The van der Waals surface area contributed by atoms with Crippen LogP contribution in [0.25, 0.3) is 0 Å². The number of nitrogens with two attached hydrogens (primary N) is 2. The quantitative estimate of drug-likeness (QED) is 0.0499. The van der Waals surface area contributed by atoms with Gasteiger partial charge in [-0.25, -0.2) is 4.79 Å². The fraction of sp³-hybridized carbons (Fsp3) is 0.900. The van der Waals surface area contributed by atoms with Crippen LogP contribution in [0.4, 0.5) is 0 Å². The lowest BCUT2D eigenvalue weighted by atomic mass is 10.0. The molecule has 0 radical (unpaired) electrons. The lowest BCUT2D eigenvalue weighted by Crippen LogP contribution is -2.42. The first-order chi connectivity index (χ1) is 17.9. The molecule has 0 bridgehead atoms. The second-order valence-corrected chi connectivity index (χ2v) is 11.0.